The van der Waals surface area contributed by atoms with Gasteiger partial charge < -0.3 is 20.4 Å². The lowest BCUT2D eigenvalue weighted by molar-refractivity contribution is 0.564. The summed E-state index contributed by atoms with van der Waals surface area (Å²) in [6.45, 7) is 0.576. The fourth-order valence-corrected chi connectivity index (χ4v) is 1.23. The first-order chi connectivity index (χ1) is 8.15. The summed E-state index contributed by atoms with van der Waals surface area (Å²) in [6.07, 6.45) is 3.27. The maximum atomic E-state index is 5.60. The number of rotatable bonds is 4. The molecule has 0 unspecified atom stereocenters. The zero-order valence-electron chi connectivity index (χ0n) is 9.71. The summed E-state index contributed by atoms with van der Waals surface area (Å²) in [4.78, 5) is 14.0. The molecule has 0 aliphatic carbocycles. The van der Waals surface area contributed by atoms with Crippen molar-refractivity contribution < 1.29 is 4.42 Å². The molecule has 17 heavy (non-hydrogen) atoms. The van der Waals surface area contributed by atoms with Crippen LogP contribution in [0, 0.1) is 0 Å². The Morgan fingerprint density at radius 3 is 2.82 bits per heavy atom. The summed E-state index contributed by atoms with van der Waals surface area (Å²) in [5.41, 5.74) is 6.61. The molecule has 0 saturated heterocycles. The molecule has 0 amide bonds. The molecular formula is C10H14N6O. The summed E-state index contributed by atoms with van der Waals surface area (Å²) < 4.78 is 4.96. The van der Waals surface area contributed by atoms with Gasteiger partial charge in [-0.1, -0.05) is 0 Å². The lowest BCUT2D eigenvalue weighted by Crippen LogP contribution is -2.16. The number of nitrogens with two attached hydrogens (primary N) is 1. The molecular weight excluding hydrogens is 220 g/mol. The van der Waals surface area contributed by atoms with Crippen LogP contribution in [-0.2, 0) is 6.54 Å². The number of nitrogens with zero attached hydrogens (tertiary/aromatic N) is 4. The summed E-state index contributed by atoms with van der Waals surface area (Å²) >= 11 is 0. The summed E-state index contributed by atoms with van der Waals surface area (Å²) in [6, 6.07) is 1.87. The van der Waals surface area contributed by atoms with Gasteiger partial charge in [-0.15, -0.1) is 0 Å². The van der Waals surface area contributed by atoms with E-state index in [1.165, 1.54) is 0 Å². The molecule has 2 aromatic heterocycles. The van der Waals surface area contributed by atoms with Crippen molar-refractivity contribution >= 4 is 17.8 Å². The second-order valence-electron chi connectivity index (χ2n) is 3.70. The van der Waals surface area contributed by atoms with E-state index in [2.05, 4.69) is 20.3 Å². The van der Waals surface area contributed by atoms with Crippen LogP contribution in [0.4, 0.5) is 17.8 Å². The average molecular weight is 234 g/mol. The Morgan fingerprint density at radius 1 is 1.35 bits per heavy atom. The van der Waals surface area contributed by atoms with E-state index in [0.717, 1.165) is 5.56 Å². The van der Waals surface area contributed by atoms with Crippen LogP contribution in [0.2, 0.25) is 0 Å². The molecule has 2 rings (SSSR count). The first-order valence-electron chi connectivity index (χ1n) is 5.09. The van der Waals surface area contributed by atoms with Crippen LogP contribution in [-0.4, -0.2) is 29.0 Å². The second-order valence-corrected chi connectivity index (χ2v) is 3.70. The van der Waals surface area contributed by atoms with E-state index in [-0.39, 0.29) is 5.95 Å². The zero-order chi connectivity index (χ0) is 12.3. The Bertz CT molecular complexity index is 482. The molecule has 7 nitrogen and oxygen atoms in total. The third-order valence-corrected chi connectivity index (χ3v) is 2.07. The molecule has 0 fully saturated rings. The fourth-order valence-electron chi connectivity index (χ4n) is 1.23. The van der Waals surface area contributed by atoms with Gasteiger partial charge in [0.15, 0.2) is 0 Å². The SMILES string of the molecule is CN(C)c1nc(N)nc(NCc2ccoc2)n1. The van der Waals surface area contributed by atoms with Gasteiger partial charge >= 0.3 is 0 Å². The molecule has 2 aromatic rings. The van der Waals surface area contributed by atoms with E-state index in [0.29, 0.717) is 18.4 Å². The maximum Gasteiger partial charge on any atom is 0.231 e. The number of hydrogen-bond acceptors (Lipinski definition) is 7. The van der Waals surface area contributed by atoms with Gasteiger partial charge in [0, 0.05) is 26.2 Å². The monoisotopic (exact) mass is 234 g/mol. The van der Waals surface area contributed by atoms with Crippen molar-refractivity contribution in [1.29, 1.82) is 0 Å². The standard InChI is InChI=1S/C10H14N6O/c1-16(2)10-14-8(11)13-9(15-10)12-5-7-3-4-17-6-7/h3-4,6H,5H2,1-2H3,(H3,11,12,13,14,15). The first kappa shape index (κ1) is 11.2. The first-order valence-corrected chi connectivity index (χ1v) is 5.09. The van der Waals surface area contributed by atoms with Gasteiger partial charge in [0.2, 0.25) is 17.8 Å². The van der Waals surface area contributed by atoms with E-state index in [1.807, 2.05) is 20.2 Å². The highest BCUT2D eigenvalue weighted by Gasteiger charge is 2.05. The number of nitrogens with one attached hydrogen (secondary N) is 1. The number of nitrogen functional groups attached to an aromatic ring is 1. The molecule has 0 atom stereocenters. The summed E-state index contributed by atoms with van der Waals surface area (Å²) in [5, 5.41) is 3.05. The summed E-state index contributed by atoms with van der Waals surface area (Å²) in [5.74, 6) is 1.16. The maximum absolute atomic E-state index is 5.60. The fraction of sp³-hybridized carbons (Fsp3) is 0.300. The van der Waals surface area contributed by atoms with E-state index in [1.54, 1.807) is 17.4 Å². The highest BCUT2D eigenvalue weighted by molar-refractivity contribution is 5.41. The Kier molecular flexibility index (Phi) is 3.08. The van der Waals surface area contributed by atoms with Gasteiger partial charge in [-0.05, 0) is 6.07 Å². The van der Waals surface area contributed by atoms with Crippen molar-refractivity contribution in [3.63, 3.8) is 0 Å². The van der Waals surface area contributed by atoms with Crippen molar-refractivity contribution in [2.45, 2.75) is 6.54 Å². The molecule has 0 spiro atoms. The van der Waals surface area contributed by atoms with Crippen molar-refractivity contribution in [2.24, 2.45) is 0 Å². The minimum atomic E-state index is 0.193. The lowest BCUT2D eigenvalue weighted by Gasteiger charge is -2.11. The molecule has 0 bridgehead atoms. The van der Waals surface area contributed by atoms with Crippen LogP contribution in [0.5, 0.6) is 0 Å². The third-order valence-electron chi connectivity index (χ3n) is 2.07. The molecule has 0 aliphatic rings. The van der Waals surface area contributed by atoms with Gasteiger partial charge in [0.1, 0.15) is 0 Å². The normalized spacial score (nSPS) is 10.2. The van der Waals surface area contributed by atoms with E-state index in [9.17, 15) is 0 Å². The van der Waals surface area contributed by atoms with Gasteiger partial charge in [0.05, 0.1) is 12.5 Å². The number of aromatic nitrogens is 3. The van der Waals surface area contributed by atoms with Crippen LogP contribution < -0.4 is 16.0 Å². The van der Waals surface area contributed by atoms with Gasteiger partial charge in [0.25, 0.3) is 0 Å². The molecule has 3 N–H and O–H groups in total. The minimum Gasteiger partial charge on any atom is -0.472 e. The highest BCUT2D eigenvalue weighted by atomic mass is 16.3. The van der Waals surface area contributed by atoms with Crippen LogP contribution in [0.15, 0.2) is 23.0 Å². The average Bonchev–Trinajstić information content (AvgIpc) is 2.78. The van der Waals surface area contributed by atoms with Crippen molar-refractivity contribution in [3.05, 3.63) is 24.2 Å². The predicted molar refractivity (Wildman–Crippen MR) is 64.6 cm³/mol. The Hall–Kier alpha value is -2.31. The van der Waals surface area contributed by atoms with Gasteiger partial charge in [-0.3, -0.25) is 0 Å². The van der Waals surface area contributed by atoms with Crippen molar-refractivity contribution in [3.8, 4) is 0 Å². The topological polar surface area (TPSA) is 93.1 Å². The van der Waals surface area contributed by atoms with Crippen LogP contribution in [0.3, 0.4) is 0 Å². The zero-order valence-corrected chi connectivity index (χ0v) is 9.71. The van der Waals surface area contributed by atoms with Gasteiger partial charge in [-0.2, -0.15) is 15.0 Å². The molecule has 0 radical (unpaired) electrons. The predicted octanol–water partition coefficient (Wildman–Crippen LogP) is 0.725. The second kappa shape index (κ2) is 4.69. The van der Waals surface area contributed by atoms with Gasteiger partial charge in [-0.25, -0.2) is 0 Å². The number of furan rings is 1. The van der Waals surface area contributed by atoms with Crippen molar-refractivity contribution in [1.82, 2.24) is 15.0 Å². The van der Waals surface area contributed by atoms with E-state index < -0.39 is 0 Å². The van der Waals surface area contributed by atoms with Crippen molar-refractivity contribution in [2.75, 3.05) is 30.0 Å². The molecule has 0 aliphatic heterocycles. The van der Waals surface area contributed by atoms with E-state index in [4.69, 9.17) is 10.2 Å². The lowest BCUT2D eigenvalue weighted by atomic mass is 10.3. The molecule has 7 heteroatoms. The smallest absolute Gasteiger partial charge is 0.231 e. The molecule has 90 valence electrons. The third kappa shape index (κ3) is 2.83. The largest absolute Gasteiger partial charge is 0.472 e. The minimum absolute atomic E-state index is 0.193. The highest BCUT2D eigenvalue weighted by Crippen LogP contribution is 2.10. The van der Waals surface area contributed by atoms with Crippen LogP contribution in [0.1, 0.15) is 5.56 Å². The van der Waals surface area contributed by atoms with Crippen LogP contribution >= 0.6 is 0 Å². The Morgan fingerprint density at radius 2 is 2.18 bits per heavy atom. The quantitative estimate of drug-likeness (QED) is 0.805. The Labute approximate surface area is 98.7 Å². The number of hydrogen-bond donors (Lipinski definition) is 2. The van der Waals surface area contributed by atoms with E-state index >= 15 is 0 Å². The summed E-state index contributed by atoms with van der Waals surface area (Å²) in [7, 11) is 3.68. The molecule has 0 aromatic carbocycles. The molecule has 2 heterocycles. The Balaban J connectivity index is 2.10. The van der Waals surface area contributed by atoms with Crippen LogP contribution in [0.25, 0.3) is 0 Å². The molecule has 0 saturated carbocycles. The number of anilines is 3.